The molecular formula is C16H19N. The van der Waals surface area contributed by atoms with Gasteiger partial charge in [0.05, 0.1) is 0 Å². The monoisotopic (exact) mass is 225 g/mol. The summed E-state index contributed by atoms with van der Waals surface area (Å²) in [7, 11) is 0. The normalized spacial score (nSPS) is 14.2. The largest absolute Gasteiger partial charge is 0.261 e. The van der Waals surface area contributed by atoms with Crippen molar-refractivity contribution in [2.24, 2.45) is 5.92 Å². The lowest BCUT2D eigenvalue weighted by Crippen LogP contribution is -2.12. The summed E-state index contributed by atoms with van der Waals surface area (Å²) < 4.78 is 0. The van der Waals surface area contributed by atoms with Crippen LogP contribution in [0, 0.1) is 5.92 Å². The molecule has 0 saturated carbocycles. The van der Waals surface area contributed by atoms with E-state index in [9.17, 15) is 0 Å². The van der Waals surface area contributed by atoms with Gasteiger partial charge in [0.2, 0.25) is 0 Å². The Hall–Kier alpha value is -1.63. The van der Waals surface area contributed by atoms with E-state index in [0.717, 1.165) is 6.42 Å². The van der Waals surface area contributed by atoms with Gasteiger partial charge in [-0.05, 0) is 23.6 Å². The molecule has 0 saturated heterocycles. The maximum atomic E-state index is 4.52. The number of pyridine rings is 1. The fourth-order valence-electron chi connectivity index (χ4n) is 2.25. The first-order chi connectivity index (χ1) is 8.33. The SMILES string of the molecule is CCC(C)C(c1ccccc1)c1ccccn1. The Labute approximate surface area is 104 Å². The Morgan fingerprint density at radius 3 is 2.29 bits per heavy atom. The van der Waals surface area contributed by atoms with Gasteiger partial charge in [-0.15, -0.1) is 0 Å². The van der Waals surface area contributed by atoms with Gasteiger partial charge < -0.3 is 0 Å². The van der Waals surface area contributed by atoms with Gasteiger partial charge in [-0.2, -0.15) is 0 Å². The van der Waals surface area contributed by atoms with Crippen LogP contribution in [0.1, 0.15) is 37.4 Å². The van der Waals surface area contributed by atoms with Crippen molar-refractivity contribution in [3.05, 3.63) is 66.0 Å². The van der Waals surface area contributed by atoms with Gasteiger partial charge in [-0.3, -0.25) is 4.98 Å². The molecule has 0 aliphatic rings. The summed E-state index contributed by atoms with van der Waals surface area (Å²) in [5.41, 5.74) is 2.54. The maximum Gasteiger partial charge on any atom is 0.0481 e. The molecule has 1 heteroatoms. The van der Waals surface area contributed by atoms with Crippen LogP contribution in [0.4, 0.5) is 0 Å². The van der Waals surface area contributed by atoms with Crippen LogP contribution in [-0.2, 0) is 0 Å². The summed E-state index contributed by atoms with van der Waals surface area (Å²) in [6, 6.07) is 16.8. The molecule has 88 valence electrons. The third kappa shape index (κ3) is 2.73. The van der Waals surface area contributed by atoms with Crippen LogP contribution in [0.3, 0.4) is 0 Å². The van der Waals surface area contributed by atoms with Crippen LogP contribution in [0.25, 0.3) is 0 Å². The van der Waals surface area contributed by atoms with Crippen LogP contribution < -0.4 is 0 Å². The molecule has 17 heavy (non-hydrogen) atoms. The molecule has 0 aliphatic heterocycles. The smallest absolute Gasteiger partial charge is 0.0481 e. The van der Waals surface area contributed by atoms with Crippen molar-refractivity contribution >= 4 is 0 Å². The lowest BCUT2D eigenvalue weighted by molar-refractivity contribution is 0.488. The molecule has 2 atom stereocenters. The van der Waals surface area contributed by atoms with E-state index in [1.54, 1.807) is 0 Å². The van der Waals surface area contributed by atoms with Crippen LogP contribution in [0.2, 0.25) is 0 Å². The molecule has 1 aromatic heterocycles. The Kier molecular flexibility index (Phi) is 3.92. The maximum absolute atomic E-state index is 4.52. The van der Waals surface area contributed by atoms with Crippen LogP contribution >= 0.6 is 0 Å². The summed E-state index contributed by atoms with van der Waals surface area (Å²) in [6.45, 7) is 4.54. The Morgan fingerprint density at radius 1 is 1.00 bits per heavy atom. The van der Waals surface area contributed by atoms with Gasteiger partial charge in [0.15, 0.2) is 0 Å². The van der Waals surface area contributed by atoms with Gasteiger partial charge in [-0.1, -0.05) is 56.7 Å². The summed E-state index contributed by atoms with van der Waals surface area (Å²) in [5, 5.41) is 0. The van der Waals surface area contributed by atoms with Gasteiger partial charge in [0.25, 0.3) is 0 Å². The topological polar surface area (TPSA) is 12.9 Å². The lowest BCUT2D eigenvalue weighted by atomic mass is 9.83. The lowest BCUT2D eigenvalue weighted by Gasteiger charge is -2.23. The third-order valence-corrected chi connectivity index (χ3v) is 3.38. The zero-order chi connectivity index (χ0) is 12.1. The Morgan fingerprint density at radius 2 is 1.71 bits per heavy atom. The van der Waals surface area contributed by atoms with Gasteiger partial charge >= 0.3 is 0 Å². The second-order valence-electron chi connectivity index (χ2n) is 4.53. The first-order valence-corrected chi connectivity index (χ1v) is 6.28. The highest BCUT2D eigenvalue weighted by Crippen LogP contribution is 2.32. The number of hydrogen-bond acceptors (Lipinski definition) is 1. The minimum atomic E-state index is 0.405. The van der Waals surface area contributed by atoms with E-state index >= 15 is 0 Å². The number of aromatic nitrogens is 1. The minimum absolute atomic E-state index is 0.405. The van der Waals surface area contributed by atoms with Gasteiger partial charge in [0, 0.05) is 17.8 Å². The molecule has 1 nitrogen and oxygen atoms in total. The highest BCUT2D eigenvalue weighted by Gasteiger charge is 2.20. The van der Waals surface area contributed by atoms with Gasteiger partial charge in [-0.25, -0.2) is 0 Å². The highest BCUT2D eigenvalue weighted by molar-refractivity contribution is 5.29. The zero-order valence-electron chi connectivity index (χ0n) is 10.5. The Bertz CT molecular complexity index is 396. The number of benzene rings is 1. The van der Waals surface area contributed by atoms with E-state index in [0.29, 0.717) is 11.8 Å². The summed E-state index contributed by atoms with van der Waals surface area (Å²) in [4.78, 5) is 4.52. The van der Waals surface area contributed by atoms with Crippen LogP contribution in [0.15, 0.2) is 54.7 Å². The van der Waals surface area contributed by atoms with Crippen molar-refractivity contribution in [2.75, 3.05) is 0 Å². The number of hydrogen-bond donors (Lipinski definition) is 0. The molecule has 0 radical (unpaired) electrons. The summed E-state index contributed by atoms with van der Waals surface area (Å²) in [5.74, 6) is 1.01. The molecule has 0 spiro atoms. The van der Waals surface area contributed by atoms with E-state index in [1.165, 1.54) is 11.3 Å². The van der Waals surface area contributed by atoms with E-state index in [4.69, 9.17) is 0 Å². The molecule has 1 heterocycles. The van der Waals surface area contributed by atoms with E-state index in [-0.39, 0.29) is 0 Å². The summed E-state index contributed by atoms with van der Waals surface area (Å²) >= 11 is 0. The molecule has 1 aromatic carbocycles. The third-order valence-electron chi connectivity index (χ3n) is 3.38. The predicted molar refractivity (Wildman–Crippen MR) is 72.0 cm³/mol. The van der Waals surface area contributed by atoms with Crippen LogP contribution in [0.5, 0.6) is 0 Å². The molecule has 2 aromatic rings. The molecule has 2 unspecified atom stereocenters. The summed E-state index contributed by atoms with van der Waals surface area (Å²) in [6.07, 6.45) is 3.05. The van der Waals surface area contributed by atoms with Crippen LogP contribution in [-0.4, -0.2) is 4.98 Å². The molecule has 2 rings (SSSR count). The average molecular weight is 225 g/mol. The number of rotatable bonds is 4. The first kappa shape index (κ1) is 11.8. The average Bonchev–Trinajstić information content (AvgIpc) is 2.41. The van der Waals surface area contributed by atoms with Crippen molar-refractivity contribution in [1.29, 1.82) is 0 Å². The molecule has 0 N–H and O–H groups in total. The molecular weight excluding hydrogens is 206 g/mol. The van der Waals surface area contributed by atoms with E-state index in [2.05, 4.69) is 61.3 Å². The van der Waals surface area contributed by atoms with Crippen molar-refractivity contribution in [1.82, 2.24) is 4.98 Å². The standard InChI is InChI=1S/C16H19N/c1-3-13(2)16(14-9-5-4-6-10-14)15-11-7-8-12-17-15/h4-13,16H,3H2,1-2H3. The highest BCUT2D eigenvalue weighted by atomic mass is 14.7. The van der Waals surface area contributed by atoms with E-state index in [1.807, 2.05) is 12.3 Å². The van der Waals surface area contributed by atoms with E-state index < -0.39 is 0 Å². The molecule has 0 fully saturated rings. The van der Waals surface area contributed by atoms with Gasteiger partial charge in [0.1, 0.15) is 0 Å². The first-order valence-electron chi connectivity index (χ1n) is 6.28. The number of nitrogens with zero attached hydrogens (tertiary/aromatic N) is 1. The predicted octanol–water partition coefficient (Wildman–Crippen LogP) is 4.26. The molecule has 0 aliphatic carbocycles. The fourth-order valence-corrected chi connectivity index (χ4v) is 2.25. The quantitative estimate of drug-likeness (QED) is 0.757. The zero-order valence-corrected chi connectivity index (χ0v) is 10.5. The second-order valence-corrected chi connectivity index (χ2v) is 4.53. The molecule has 0 amide bonds. The second kappa shape index (κ2) is 5.62. The van der Waals surface area contributed by atoms with Crippen molar-refractivity contribution in [2.45, 2.75) is 26.2 Å². The van der Waals surface area contributed by atoms with Crippen molar-refractivity contribution < 1.29 is 0 Å². The Balaban J connectivity index is 2.39. The van der Waals surface area contributed by atoms with Crippen molar-refractivity contribution in [3.8, 4) is 0 Å². The fraction of sp³-hybridized carbons (Fsp3) is 0.312. The van der Waals surface area contributed by atoms with Crippen molar-refractivity contribution in [3.63, 3.8) is 0 Å². The molecule has 0 bridgehead atoms. The minimum Gasteiger partial charge on any atom is -0.261 e.